The highest BCUT2D eigenvalue weighted by Gasteiger charge is 2.47. The quantitative estimate of drug-likeness (QED) is 0.0272. The number of thioether (sulfide) groups is 1. The van der Waals surface area contributed by atoms with Gasteiger partial charge in [-0.3, -0.25) is 86.3 Å². The molecule has 6 heterocycles. The number of carboxylic acid groups (broad SMARTS) is 1. The summed E-state index contributed by atoms with van der Waals surface area (Å²) >= 11 is 0.752. The lowest BCUT2D eigenvalue weighted by Gasteiger charge is -2.36. The molecule has 0 spiro atoms. The lowest BCUT2D eigenvalue weighted by molar-refractivity contribution is -0.149. The predicted molar refractivity (Wildman–Crippen MR) is 485 cm³/mol. The Morgan fingerprint density at radius 3 is 1.74 bits per heavy atom. The highest BCUT2D eigenvalue weighted by atomic mass is 32.2. The number of aliphatic hydroxyl groups is 1. The van der Waals surface area contributed by atoms with E-state index in [4.69, 9.17) is 22.9 Å². The predicted octanol–water partition coefficient (Wildman–Crippen LogP) is -2.97. The number of unbranched alkanes of at least 4 members (excludes halogenated alkanes) is 2. The molecule has 3 aliphatic heterocycles. The number of benzene rings is 3. The number of hydrogen-bond donors (Lipinski definition) is 19. The molecule has 3 aromatic carbocycles. The standard InChI is InChI=1S/C89H122N22O21S/c1-7-9-20-68-83(126)105-66(39-91)82(125)106-67(79(122)97-43-74(93)116)45-133-46-75(117)99-63(32-49-23-25-54(112)26-24-49)85(128)107(4)48(3)77(120)103-65(38-73(92)115)88(131)110-31-15-22-69(110)84(127)102-62(36-53-42-94-47-98-53)81(124)101-61(27-28-76(118)119)87(130)111-44-55(113)37-71(111)72(114)35-50(33-51-40-95-58-18-13-11-16-56(51)58)78(121)100-60(29-30-90)80(123)104-64(34-52-41-96-59-19-14-12-17-57(52)59)86(129)109(6)70(21-10-8-2)89(132)108(68)5/h11-14,16-19,23-26,40-42,47-48,50,55,60-71,95-96,112-113H,7-10,15,20-22,27-39,43-46,90-91H2,1-6H3,(H2,92,115)(H2,93,116)(H,94,98)(H,97,122)(H,99,117)(H,100,121)(H,101,124)(H,102,127)(H,103,120)(H,104,123)(H,105,126)(H,106,125)(H,118,119)/t48-,50+,55+,60-,61-,62-,63-,64-,65-,66-,67-,68-,69-,70-,71-/m0/s1. The summed E-state index contributed by atoms with van der Waals surface area (Å²) in [6.07, 6.45) is 1.53. The number of amides is 16. The number of primary amides is 2. The second-order valence-corrected chi connectivity index (χ2v) is 34.7. The number of phenols is 1. The van der Waals surface area contributed by atoms with Gasteiger partial charge in [0.15, 0.2) is 5.78 Å². The molecular weight excluding hydrogens is 1750 g/mol. The molecule has 0 radical (unpaired) electrons. The van der Waals surface area contributed by atoms with E-state index in [-0.39, 0.29) is 75.9 Å². The van der Waals surface area contributed by atoms with Gasteiger partial charge in [0.05, 0.1) is 42.9 Å². The van der Waals surface area contributed by atoms with E-state index in [2.05, 4.69) is 67.8 Å². The third kappa shape index (κ3) is 28.3. The molecule has 15 atom stereocenters. The number of para-hydroxylation sites is 2. The number of carboxylic acids is 1. The van der Waals surface area contributed by atoms with Crippen molar-refractivity contribution in [2.45, 2.75) is 221 Å². The Hall–Kier alpha value is -13.4. The van der Waals surface area contributed by atoms with Crippen LogP contribution in [0.15, 0.2) is 97.7 Å². The summed E-state index contributed by atoms with van der Waals surface area (Å²) in [7, 11) is 3.90. The van der Waals surface area contributed by atoms with E-state index in [0.717, 1.165) is 36.3 Å². The molecule has 43 nitrogen and oxygen atoms in total. The highest BCUT2D eigenvalue weighted by Crippen LogP contribution is 2.30. The molecule has 3 aliphatic rings. The van der Waals surface area contributed by atoms with E-state index in [1.54, 1.807) is 60.9 Å². The van der Waals surface area contributed by atoms with Crippen molar-refractivity contribution in [2.24, 2.45) is 28.9 Å². The normalized spacial score (nSPS) is 25.0. The van der Waals surface area contributed by atoms with Crippen LogP contribution in [0.5, 0.6) is 5.75 Å². The number of nitrogens with zero attached hydrogens (tertiary/aromatic N) is 6. The van der Waals surface area contributed by atoms with Crippen molar-refractivity contribution in [2.75, 3.05) is 65.4 Å². The zero-order chi connectivity index (χ0) is 97.0. The van der Waals surface area contributed by atoms with E-state index in [9.17, 15) is 68.1 Å². The Morgan fingerprint density at radius 2 is 1.13 bits per heavy atom. The number of H-pyrrole nitrogens is 3. The monoisotopic (exact) mass is 1870 g/mol. The molecule has 3 saturated heterocycles. The topological polar surface area (TPSA) is 657 Å². The Balaban J connectivity index is 1.09. The molecule has 0 aliphatic carbocycles. The number of phenolic OH excluding ortho intramolecular Hbond substituents is 1. The number of rotatable bonds is 25. The maximum Gasteiger partial charge on any atom is 0.303 e. The van der Waals surface area contributed by atoms with Crippen LogP contribution in [0.4, 0.5) is 0 Å². The van der Waals surface area contributed by atoms with Gasteiger partial charge in [-0.1, -0.05) is 88.1 Å². The first-order chi connectivity index (χ1) is 63.4. The molecule has 16 amide bonds. The van der Waals surface area contributed by atoms with Crippen LogP contribution in [0.2, 0.25) is 0 Å². The SMILES string of the molecule is CCCC[C@H]1C(=O)N(C)[C@@H](CCCC)C(=O)N[C@@H](CN)C(=O)N[C@H](C(=O)NCC(N)=O)CSCC(=O)N[C@@H](Cc2ccc(O)cc2)C(=O)N(C)[C@@H](C)C(=O)N[C@@H](CC(N)=O)C(=O)N2CCC[C@H]2C(=O)N[C@@H](Cc2c[nH]cn2)C(=O)N[C@@H](CCC(=O)O)C(=O)N2C[C@H](O)C[C@H]2C(=O)C[C@@H](Cc2c[nH]c3ccccc23)C(=O)N[C@@H](CCN)C(=O)N[C@@H](Cc2c[nH]c3ccccc23)C(=O)N1C. The van der Waals surface area contributed by atoms with Crippen molar-refractivity contribution >= 4 is 140 Å². The third-order valence-corrected chi connectivity index (χ3v) is 25.1. The van der Waals surface area contributed by atoms with Crippen molar-refractivity contribution < 1.29 is 102 Å². The molecule has 133 heavy (non-hydrogen) atoms. The number of fused-ring (bicyclic) bond motifs is 4. The number of nitrogens with two attached hydrogens (primary N) is 4. The molecular formula is C89H122N22O21S. The van der Waals surface area contributed by atoms with Gasteiger partial charge >= 0.3 is 5.97 Å². The number of carbonyl (C=O) groups is 18. The second kappa shape index (κ2) is 49.2. The summed E-state index contributed by atoms with van der Waals surface area (Å²) < 4.78 is 0. The van der Waals surface area contributed by atoms with Gasteiger partial charge in [0.1, 0.15) is 78.3 Å². The van der Waals surface area contributed by atoms with Crippen molar-refractivity contribution in [3.8, 4) is 5.75 Å². The Labute approximate surface area is 771 Å². The number of aliphatic hydroxyl groups excluding tert-OH is 1. The number of aliphatic carboxylic acids is 1. The largest absolute Gasteiger partial charge is 0.508 e. The summed E-state index contributed by atoms with van der Waals surface area (Å²) in [5.74, 6) is -20.1. The average molecular weight is 1870 g/mol. The van der Waals surface area contributed by atoms with Gasteiger partial charge in [-0.05, 0) is 99.4 Å². The summed E-state index contributed by atoms with van der Waals surface area (Å²) in [5, 5.41) is 56.5. The summed E-state index contributed by atoms with van der Waals surface area (Å²) in [4.78, 5) is 280. The maximum absolute atomic E-state index is 15.8. The summed E-state index contributed by atoms with van der Waals surface area (Å²) in [6, 6.07) is -0.733. The van der Waals surface area contributed by atoms with Gasteiger partial charge in [0.2, 0.25) is 94.5 Å². The number of aromatic hydroxyl groups is 1. The number of aromatic amines is 3. The summed E-state index contributed by atoms with van der Waals surface area (Å²) in [6.45, 7) is 2.66. The lowest BCUT2D eigenvalue weighted by atomic mass is 9.90. The zero-order valence-electron chi connectivity index (χ0n) is 75.2. The molecule has 23 N–H and O–H groups in total. The van der Waals surface area contributed by atoms with Crippen LogP contribution in [0.25, 0.3) is 21.8 Å². The Morgan fingerprint density at radius 1 is 0.556 bits per heavy atom. The Kier molecular flexibility index (Phi) is 38.3. The number of hydrogen-bond acceptors (Lipinski definition) is 24. The molecule has 6 aromatic rings. The van der Waals surface area contributed by atoms with Crippen LogP contribution in [0.1, 0.15) is 133 Å². The van der Waals surface area contributed by atoms with Crippen LogP contribution in [0.3, 0.4) is 0 Å². The molecule has 3 aromatic heterocycles. The fourth-order valence-corrected chi connectivity index (χ4v) is 17.4. The first-order valence-electron chi connectivity index (χ1n) is 44.4. The molecule has 9 rings (SSSR count). The first-order valence-corrected chi connectivity index (χ1v) is 45.5. The van der Waals surface area contributed by atoms with E-state index in [1.807, 2.05) is 13.8 Å². The van der Waals surface area contributed by atoms with Crippen molar-refractivity contribution in [3.63, 3.8) is 0 Å². The van der Waals surface area contributed by atoms with Gasteiger partial charge in [-0.15, -0.1) is 11.8 Å². The molecule has 0 unspecified atom stereocenters. The van der Waals surface area contributed by atoms with Crippen LogP contribution in [-0.4, -0.2) is 316 Å². The molecule has 0 bridgehead atoms. The van der Waals surface area contributed by atoms with Crippen molar-refractivity contribution in [1.29, 1.82) is 0 Å². The fourth-order valence-electron chi connectivity index (χ4n) is 16.6. The van der Waals surface area contributed by atoms with Crippen molar-refractivity contribution in [3.05, 3.63) is 120 Å². The number of Topliss-reactive ketones (excluding diaryl/α,β-unsaturated/α-hetero) is 1. The summed E-state index contributed by atoms with van der Waals surface area (Å²) in [5.41, 5.74) is 26.5. The number of nitrogens with one attached hydrogen (secondary N) is 12. The minimum Gasteiger partial charge on any atom is -0.508 e. The number of likely N-dealkylation sites (N-methyl/N-ethyl adjacent to an activating group) is 3. The van der Waals surface area contributed by atoms with Gasteiger partial charge in [0, 0.05) is 131 Å². The van der Waals surface area contributed by atoms with Crippen LogP contribution < -0.4 is 70.8 Å². The van der Waals surface area contributed by atoms with Gasteiger partial charge in [-0.25, -0.2) is 4.98 Å². The highest BCUT2D eigenvalue weighted by molar-refractivity contribution is 8.00. The number of aromatic nitrogens is 4. The van der Waals surface area contributed by atoms with E-state index in [0.29, 0.717) is 64.2 Å². The first kappa shape index (κ1) is 103. The van der Waals surface area contributed by atoms with Gasteiger partial charge in [0.25, 0.3) is 0 Å². The minimum absolute atomic E-state index is 0.00745. The zero-order valence-corrected chi connectivity index (χ0v) is 76.0. The Bertz CT molecular complexity index is 5170. The van der Waals surface area contributed by atoms with Crippen LogP contribution in [-0.2, 0) is 112 Å². The van der Waals surface area contributed by atoms with Crippen molar-refractivity contribution in [1.82, 2.24) is 92.3 Å². The third-order valence-electron chi connectivity index (χ3n) is 24.1. The average Bonchev–Trinajstić information content (AvgIpc) is 1.49. The van der Waals surface area contributed by atoms with E-state index in [1.165, 1.54) is 64.9 Å². The maximum atomic E-state index is 15.8. The minimum atomic E-state index is -1.81. The van der Waals surface area contributed by atoms with Crippen LogP contribution in [0, 0.1) is 5.92 Å². The lowest BCUT2D eigenvalue weighted by Crippen LogP contribution is -2.61. The smallest absolute Gasteiger partial charge is 0.303 e. The molecule has 3 fully saturated rings. The second-order valence-electron chi connectivity index (χ2n) is 33.7. The van der Waals surface area contributed by atoms with Gasteiger partial charge < -0.3 is 126 Å². The van der Waals surface area contributed by atoms with E-state index < -0.39 is 266 Å². The van der Waals surface area contributed by atoms with Gasteiger partial charge in [-0.2, -0.15) is 0 Å². The molecule has 0 saturated carbocycles. The number of carbonyl (C=O) groups excluding carboxylic acids is 17. The van der Waals surface area contributed by atoms with E-state index >= 15 is 33.6 Å². The number of imidazole rings is 1. The fraction of sp³-hybridized carbons (Fsp3) is 0.517. The van der Waals surface area contributed by atoms with Crippen LogP contribution >= 0.6 is 11.8 Å². The number of ketones is 1. The molecule has 720 valence electrons. The molecule has 44 heteroatoms.